The molecule has 23 heavy (non-hydrogen) atoms. The van der Waals surface area contributed by atoms with Crippen LogP contribution in [0.15, 0.2) is 36.4 Å². The van der Waals surface area contributed by atoms with E-state index in [0.29, 0.717) is 0 Å². The predicted octanol–water partition coefficient (Wildman–Crippen LogP) is 4.48. The van der Waals surface area contributed by atoms with Crippen molar-refractivity contribution in [2.45, 2.75) is 26.8 Å². The summed E-state index contributed by atoms with van der Waals surface area (Å²) in [5.74, 6) is 0. The number of benzene rings is 2. The van der Waals surface area contributed by atoms with Crippen LogP contribution in [0.5, 0.6) is 0 Å². The quantitative estimate of drug-likeness (QED) is 0.758. The number of hydrogen-bond donors (Lipinski definition) is 1. The van der Waals surface area contributed by atoms with Crippen molar-refractivity contribution < 1.29 is 0 Å². The second-order valence-electron chi connectivity index (χ2n) is 6.15. The maximum Gasteiger partial charge on any atom is 0.102 e. The summed E-state index contributed by atoms with van der Waals surface area (Å²) in [4.78, 5) is 0. The van der Waals surface area contributed by atoms with E-state index in [0.717, 1.165) is 47.2 Å². The molecular weight excluding hydrogens is 282 g/mol. The van der Waals surface area contributed by atoms with E-state index in [1.807, 2.05) is 0 Å². The number of nitrogens with one attached hydrogen (secondary N) is 1. The number of hydrogen-bond acceptors (Lipinski definition) is 2. The highest BCUT2D eigenvalue weighted by molar-refractivity contribution is 5.95. The van der Waals surface area contributed by atoms with Gasteiger partial charge in [-0.15, -0.1) is 0 Å². The van der Waals surface area contributed by atoms with E-state index in [-0.39, 0.29) is 0 Å². The van der Waals surface area contributed by atoms with Crippen molar-refractivity contribution in [2.75, 3.05) is 11.9 Å². The summed E-state index contributed by atoms with van der Waals surface area (Å²) in [6, 6.07) is 15.3. The molecule has 1 N–H and O–H groups in total. The van der Waals surface area contributed by atoms with Gasteiger partial charge in [0.25, 0.3) is 0 Å². The molecule has 0 bridgehead atoms. The molecule has 3 heteroatoms. The normalized spacial score (nSPS) is 12.9. The molecule has 0 atom stereocenters. The summed E-state index contributed by atoms with van der Waals surface area (Å²) in [5.41, 5.74) is 7.86. The molecule has 2 heterocycles. The molecular formula is C20H19N3. The molecule has 1 aliphatic heterocycles. The van der Waals surface area contributed by atoms with Gasteiger partial charge in [0, 0.05) is 29.7 Å². The first-order valence-electron chi connectivity index (χ1n) is 8.13. The predicted molar refractivity (Wildman–Crippen MR) is 94.7 cm³/mol. The Morgan fingerprint density at radius 2 is 2.09 bits per heavy atom. The average molecular weight is 301 g/mol. The second kappa shape index (κ2) is 5.17. The zero-order valence-electron chi connectivity index (χ0n) is 13.5. The van der Waals surface area contributed by atoms with Crippen LogP contribution in [-0.4, -0.2) is 11.1 Å². The fourth-order valence-corrected chi connectivity index (χ4v) is 3.64. The largest absolute Gasteiger partial charge is 0.384 e. The number of fused-ring (bicyclic) bond motifs is 2. The number of rotatable bonds is 2. The SMILES string of the molecule is CCn1c(-c2ccc3c(c2)NCC3)c(C#N)c2ccc(C)cc21. The van der Waals surface area contributed by atoms with E-state index in [4.69, 9.17) is 0 Å². The molecule has 3 nitrogen and oxygen atoms in total. The zero-order chi connectivity index (χ0) is 16.0. The van der Waals surface area contributed by atoms with Crippen LogP contribution in [0.2, 0.25) is 0 Å². The van der Waals surface area contributed by atoms with E-state index in [1.54, 1.807) is 0 Å². The minimum absolute atomic E-state index is 0.778. The average Bonchev–Trinajstić information content (AvgIpc) is 3.14. The zero-order valence-corrected chi connectivity index (χ0v) is 13.5. The van der Waals surface area contributed by atoms with Crippen molar-refractivity contribution >= 4 is 16.6 Å². The Bertz CT molecular complexity index is 957. The lowest BCUT2D eigenvalue weighted by molar-refractivity contribution is 0.804. The Morgan fingerprint density at radius 3 is 2.87 bits per heavy atom. The Labute approximate surface area is 136 Å². The summed E-state index contributed by atoms with van der Waals surface area (Å²) in [6.07, 6.45) is 1.08. The molecule has 1 aliphatic rings. The van der Waals surface area contributed by atoms with E-state index >= 15 is 0 Å². The van der Waals surface area contributed by atoms with Crippen LogP contribution in [0.1, 0.15) is 23.6 Å². The van der Waals surface area contributed by atoms with Crippen molar-refractivity contribution in [2.24, 2.45) is 0 Å². The minimum Gasteiger partial charge on any atom is -0.384 e. The first-order valence-corrected chi connectivity index (χ1v) is 8.13. The number of aromatic nitrogens is 1. The topological polar surface area (TPSA) is 40.8 Å². The van der Waals surface area contributed by atoms with Crippen LogP contribution in [0, 0.1) is 18.3 Å². The number of nitriles is 1. The van der Waals surface area contributed by atoms with Gasteiger partial charge in [0.05, 0.1) is 16.8 Å². The van der Waals surface area contributed by atoms with Gasteiger partial charge in [0.15, 0.2) is 0 Å². The first-order chi connectivity index (χ1) is 11.2. The van der Waals surface area contributed by atoms with Crippen molar-refractivity contribution in [3.8, 4) is 17.3 Å². The van der Waals surface area contributed by atoms with Gasteiger partial charge in [0.2, 0.25) is 0 Å². The Hall–Kier alpha value is -2.73. The van der Waals surface area contributed by atoms with Crippen LogP contribution in [0.4, 0.5) is 5.69 Å². The van der Waals surface area contributed by atoms with Crippen molar-refractivity contribution in [1.82, 2.24) is 4.57 Å². The molecule has 2 aromatic carbocycles. The van der Waals surface area contributed by atoms with E-state index in [9.17, 15) is 5.26 Å². The molecule has 4 rings (SSSR count). The van der Waals surface area contributed by atoms with Gasteiger partial charge in [-0.3, -0.25) is 0 Å². The lowest BCUT2D eigenvalue weighted by atomic mass is 10.0. The van der Waals surface area contributed by atoms with Crippen molar-refractivity contribution in [3.63, 3.8) is 0 Å². The minimum atomic E-state index is 0.778. The van der Waals surface area contributed by atoms with Gasteiger partial charge in [-0.05, 0) is 43.5 Å². The lowest BCUT2D eigenvalue weighted by Crippen LogP contribution is -1.98. The summed E-state index contributed by atoms with van der Waals surface area (Å²) in [7, 11) is 0. The third-order valence-electron chi connectivity index (χ3n) is 4.74. The highest BCUT2D eigenvalue weighted by atomic mass is 15.0. The van der Waals surface area contributed by atoms with Crippen molar-refractivity contribution in [3.05, 3.63) is 53.1 Å². The molecule has 114 valence electrons. The van der Waals surface area contributed by atoms with Crippen molar-refractivity contribution in [1.29, 1.82) is 5.26 Å². The number of anilines is 1. The number of nitrogens with zero attached hydrogens (tertiary/aromatic N) is 2. The monoisotopic (exact) mass is 301 g/mol. The molecule has 0 fully saturated rings. The molecule has 0 radical (unpaired) electrons. The summed E-state index contributed by atoms with van der Waals surface area (Å²) >= 11 is 0. The molecule has 3 aromatic rings. The van der Waals surface area contributed by atoms with E-state index in [2.05, 4.69) is 66.2 Å². The van der Waals surface area contributed by atoms with Gasteiger partial charge in [-0.25, -0.2) is 0 Å². The lowest BCUT2D eigenvalue weighted by Gasteiger charge is -2.10. The van der Waals surface area contributed by atoms with Crippen LogP contribution >= 0.6 is 0 Å². The third kappa shape index (κ3) is 2.03. The summed E-state index contributed by atoms with van der Waals surface area (Å²) < 4.78 is 2.26. The van der Waals surface area contributed by atoms with Gasteiger partial charge < -0.3 is 9.88 Å². The molecule has 0 saturated carbocycles. The van der Waals surface area contributed by atoms with Crippen LogP contribution in [-0.2, 0) is 13.0 Å². The first kappa shape index (κ1) is 13.9. The Morgan fingerprint density at radius 1 is 1.22 bits per heavy atom. The molecule has 0 unspecified atom stereocenters. The van der Waals surface area contributed by atoms with Gasteiger partial charge in [-0.2, -0.15) is 5.26 Å². The molecule has 1 aromatic heterocycles. The summed E-state index contributed by atoms with van der Waals surface area (Å²) in [6.45, 7) is 6.08. The highest BCUT2D eigenvalue weighted by Crippen LogP contribution is 2.36. The molecule has 0 saturated heterocycles. The second-order valence-corrected chi connectivity index (χ2v) is 6.15. The summed E-state index contributed by atoms with van der Waals surface area (Å²) in [5, 5.41) is 14.3. The fourth-order valence-electron chi connectivity index (χ4n) is 3.64. The number of aryl methyl sites for hydroxylation is 2. The third-order valence-corrected chi connectivity index (χ3v) is 4.74. The maximum atomic E-state index is 9.77. The fraction of sp³-hybridized carbons (Fsp3) is 0.250. The van der Waals surface area contributed by atoms with Crippen LogP contribution < -0.4 is 5.32 Å². The Balaban J connectivity index is 2.04. The molecule has 0 amide bonds. The van der Waals surface area contributed by atoms with Crippen LogP contribution in [0.3, 0.4) is 0 Å². The maximum absolute atomic E-state index is 9.77. The van der Waals surface area contributed by atoms with Crippen LogP contribution in [0.25, 0.3) is 22.2 Å². The highest BCUT2D eigenvalue weighted by Gasteiger charge is 2.19. The van der Waals surface area contributed by atoms with Gasteiger partial charge >= 0.3 is 0 Å². The van der Waals surface area contributed by atoms with Gasteiger partial charge in [0.1, 0.15) is 6.07 Å². The molecule has 0 aliphatic carbocycles. The van der Waals surface area contributed by atoms with E-state index < -0.39 is 0 Å². The smallest absolute Gasteiger partial charge is 0.102 e. The molecule has 0 spiro atoms. The van der Waals surface area contributed by atoms with E-state index in [1.165, 1.54) is 16.8 Å². The Kier molecular flexibility index (Phi) is 3.12. The van der Waals surface area contributed by atoms with Gasteiger partial charge in [-0.1, -0.05) is 24.3 Å². The standard InChI is InChI=1S/C20H19N3/c1-3-23-19-10-13(2)4-7-16(19)17(12-21)20(23)15-6-5-14-8-9-22-18(14)11-15/h4-7,10-11,22H,3,8-9H2,1-2H3.